The third-order valence-electron chi connectivity index (χ3n) is 1.95. The van der Waals surface area contributed by atoms with E-state index in [1.54, 1.807) is 6.92 Å². The fraction of sp³-hybridized carbons (Fsp3) is 0.875. The van der Waals surface area contributed by atoms with E-state index < -0.39 is 16.4 Å². The van der Waals surface area contributed by atoms with Crippen molar-refractivity contribution in [3.8, 4) is 0 Å². The predicted molar refractivity (Wildman–Crippen MR) is 45.0 cm³/mol. The Morgan fingerprint density at radius 3 is 2.00 bits per heavy atom. The van der Waals surface area contributed by atoms with Crippen LogP contribution in [0.25, 0.3) is 0 Å². The van der Waals surface area contributed by atoms with Crippen LogP contribution in [0.4, 0.5) is 0 Å². The van der Waals surface area contributed by atoms with E-state index >= 15 is 0 Å². The number of ether oxygens (including phenoxy) is 2. The number of halogens is 1. The summed E-state index contributed by atoms with van der Waals surface area (Å²) in [6.07, 6.45) is 0. The third-order valence-corrected chi connectivity index (χ3v) is 2.41. The van der Waals surface area contributed by atoms with Crippen molar-refractivity contribution >= 4 is 16.8 Å². The summed E-state index contributed by atoms with van der Waals surface area (Å²) in [4.78, 5) is 10.9. The van der Waals surface area contributed by atoms with Crippen molar-refractivity contribution in [3.63, 3.8) is 0 Å². The van der Waals surface area contributed by atoms with E-state index in [2.05, 4.69) is 0 Å². The van der Waals surface area contributed by atoms with Gasteiger partial charge in [-0.1, -0.05) is 0 Å². The first-order valence-corrected chi connectivity index (χ1v) is 4.21. The average molecular weight is 193 g/mol. The summed E-state index contributed by atoms with van der Waals surface area (Å²) in [5.74, 6) is -0.591. The highest BCUT2D eigenvalue weighted by atomic mass is 35.5. The monoisotopic (exact) mass is 192 g/mol. The van der Waals surface area contributed by atoms with Crippen molar-refractivity contribution in [1.82, 2.24) is 0 Å². The Kier molecular flexibility index (Phi) is 2.47. The Morgan fingerprint density at radius 2 is 1.67 bits per heavy atom. The first-order valence-electron chi connectivity index (χ1n) is 3.84. The molecular formula is C8H13ClO3. The Bertz CT molecular complexity index is 190. The molecule has 1 rings (SSSR count). The molecule has 0 saturated carbocycles. The maximum Gasteiger partial charge on any atom is 0.232 e. The maximum absolute atomic E-state index is 10.9. The predicted octanol–water partition coefficient (Wildman–Crippen LogP) is 1.54. The molecule has 4 heteroatoms. The van der Waals surface area contributed by atoms with Gasteiger partial charge in [-0.25, -0.2) is 0 Å². The summed E-state index contributed by atoms with van der Waals surface area (Å²) in [5.41, 5.74) is -0.683. The quantitative estimate of drug-likeness (QED) is 0.592. The molecule has 0 spiro atoms. The van der Waals surface area contributed by atoms with Gasteiger partial charge in [0, 0.05) is 0 Å². The maximum atomic E-state index is 10.9. The summed E-state index contributed by atoms with van der Waals surface area (Å²) in [6, 6.07) is 0. The summed E-state index contributed by atoms with van der Waals surface area (Å²) >= 11 is 5.39. The molecule has 3 nitrogen and oxygen atoms in total. The number of hydrogen-bond donors (Lipinski definition) is 0. The van der Waals surface area contributed by atoms with Crippen LogP contribution < -0.4 is 0 Å². The van der Waals surface area contributed by atoms with Gasteiger partial charge in [0.2, 0.25) is 5.24 Å². The molecule has 0 radical (unpaired) electrons. The minimum absolute atomic E-state index is 0.322. The van der Waals surface area contributed by atoms with Crippen LogP contribution in [0.15, 0.2) is 0 Å². The second-order valence-corrected chi connectivity index (χ2v) is 4.15. The number of carbonyl (C=O) groups is 1. The third kappa shape index (κ3) is 1.97. The standard InChI is InChI=1S/C8H13ClO3/c1-7(2)11-4-8(3,5-12-7)6(9)10/h4-5H2,1-3H3. The van der Waals surface area contributed by atoms with E-state index in [1.165, 1.54) is 0 Å². The molecule has 12 heavy (non-hydrogen) atoms. The van der Waals surface area contributed by atoms with Gasteiger partial charge in [0.05, 0.1) is 18.6 Å². The molecular weight excluding hydrogens is 180 g/mol. The summed E-state index contributed by atoms with van der Waals surface area (Å²) in [5, 5.41) is -0.405. The van der Waals surface area contributed by atoms with Gasteiger partial charge in [0.25, 0.3) is 0 Å². The Balaban J connectivity index is 2.62. The van der Waals surface area contributed by atoms with E-state index in [-0.39, 0.29) is 0 Å². The van der Waals surface area contributed by atoms with E-state index in [0.29, 0.717) is 13.2 Å². The molecule has 1 fully saturated rings. The van der Waals surface area contributed by atoms with Crippen LogP contribution in [-0.2, 0) is 14.3 Å². The van der Waals surface area contributed by atoms with Crippen molar-refractivity contribution in [1.29, 1.82) is 0 Å². The smallest absolute Gasteiger partial charge is 0.232 e. The molecule has 0 aromatic rings. The Hall–Kier alpha value is -0.120. The van der Waals surface area contributed by atoms with Gasteiger partial charge < -0.3 is 9.47 Å². The lowest BCUT2D eigenvalue weighted by atomic mass is 9.93. The van der Waals surface area contributed by atoms with Gasteiger partial charge in [-0.05, 0) is 32.4 Å². The molecule has 0 aliphatic carbocycles. The van der Waals surface area contributed by atoms with Gasteiger partial charge >= 0.3 is 0 Å². The van der Waals surface area contributed by atoms with Crippen LogP contribution in [0.5, 0.6) is 0 Å². The zero-order valence-electron chi connectivity index (χ0n) is 7.52. The van der Waals surface area contributed by atoms with Crippen molar-refractivity contribution < 1.29 is 14.3 Å². The second-order valence-electron chi connectivity index (χ2n) is 3.81. The molecule has 0 aromatic carbocycles. The van der Waals surface area contributed by atoms with Crippen molar-refractivity contribution in [2.24, 2.45) is 5.41 Å². The van der Waals surface area contributed by atoms with Gasteiger partial charge in [-0.15, -0.1) is 0 Å². The Morgan fingerprint density at radius 1 is 1.25 bits per heavy atom. The van der Waals surface area contributed by atoms with Crippen molar-refractivity contribution in [2.75, 3.05) is 13.2 Å². The van der Waals surface area contributed by atoms with Gasteiger partial charge in [-0.3, -0.25) is 4.79 Å². The van der Waals surface area contributed by atoms with Crippen LogP contribution in [0.1, 0.15) is 20.8 Å². The number of rotatable bonds is 1. The lowest BCUT2D eigenvalue weighted by Gasteiger charge is -2.39. The van der Waals surface area contributed by atoms with Crippen molar-refractivity contribution in [2.45, 2.75) is 26.6 Å². The molecule has 1 aliphatic heterocycles. The highest BCUT2D eigenvalue weighted by Crippen LogP contribution is 2.30. The largest absolute Gasteiger partial charge is 0.349 e. The minimum atomic E-state index is -0.683. The number of carbonyl (C=O) groups excluding carboxylic acids is 1. The normalized spacial score (nSPS) is 26.7. The van der Waals surface area contributed by atoms with Crippen LogP contribution >= 0.6 is 11.6 Å². The molecule has 70 valence electrons. The SMILES string of the molecule is CC1(C)OCC(C)(C(=O)Cl)CO1. The van der Waals surface area contributed by atoms with E-state index in [1.807, 2.05) is 13.8 Å². The fourth-order valence-electron chi connectivity index (χ4n) is 0.863. The lowest BCUT2D eigenvalue weighted by molar-refractivity contribution is -0.275. The first-order chi connectivity index (χ1) is 5.36. The average Bonchev–Trinajstić information content (AvgIpc) is 1.96. The Labute approximate surface area is 77.0 Å². The van der Waals surface area contributed by atoms with Crippen LogP contribution in [-0.4, -0.2) is 24.2 Å². The highest BCUT2D eigenvalue weighted by molar-refractivity contribution is 6.64. The molecule has 0 amide bonds. The zero-order chi connectivity index (χ0) is 9.41. The van der Waals surface area contributed by atoms with E-state index in [0.717, 1.165) is 0 Å². The first kappa shape index (κ1) is 9.96. The summed E-state index contributed by atoms with van der Waals surface area (Å²) in [6.45, 7) is 6.00. The van der Waals surface area contributed by atoms with Gasteiger partial charge in [0.15, 0.2) is 5.79 Å². The molecule has 0 N–H and O–H groups in total. The summed E-state index contributed by atoms with van der Waals surface area (Å²) in [7, 11) is 0. The molecule has 1 heterocycles. The molecule has 0 unspecified atom stereocenters. The summed E-state index contributed by atoms with van der Waals surface area (Å²) < 4.78 is 10.6. The topological polar surface area (TPSA) is 35.5 Å². The zero-order valence-corrected chi connectivity index (χ0v) is 8.27. The van der Waals surface area contributed by atoms with Crippen LogP contribution in [0.2, 0.25) is 0 Å². The molecule has 0 aromatic heterocycles. The second kappa shape index (κ2) is 2.98. The van der Waals surface area contributed by atoms with Gasteiger partial charge in [0.1, 0.15) is 0 Å². The van der Waals surface area contributed by atoms with E-state index in [4.69, 9.17) is 21.1 Å². The molecule has 1 aliphatic rings. The van der Waals surface area contributed by atoms with Crippen LogP contribution in [0.3, 0.4) is 0 Å². The lowest BCUT2D eigenvalue weighted by Crippen LogP contribution is -2.47. The van der Waals surface area contributed by atoms with Gasteiger partial charge in [-0.2, -0.15) is 0 Å². The molecule has 1 saturated heterocycles. The molecule has 0 bridgehead atoms. The fourth-order valence-corrected chi connectivity index (χ4v) is 0.972. The minimum Gasteiger partial charge on any atom is -0.349 e. The highest BCUT2D eigenvalue weighted by Gasteiger charge is 2.41. The molecule has 0 atom stereocenters. The van der Waals surface area contributed by atoms with E-state index in [9.17, 15) is 4.79 Å². The van der Waals surface area contributed by atoms with Crippen LogP contribution in [0, 0.1) is 5.41 Å². The van der Waals surface area contributed by atoms with Crippen molar-refractivity contribution in [3.05, 3.63) is 0 Å². The number of hydrogen-bond acceptors (Lipinski definition) is 3.